The standard InChI is InChI=1S/C17H22F3N7O4/c1-3-4-5-6-11(8-27(30)9-28)14(29)24-26-16-21-7-12(13(22-16)17(18,19)20)15-25-23-10(2)31-15/h7,9,11,30H,3-6,8H2,1-2H3,(H,24,29)(H,21,22,26)/t11-/m0/s1. The van der Waals surface area contributed by atoms with E-state index in [1.54, 1.807) is 0 Å². The maximum absolute atomic E-state index is 13.4. The number of amides is 2. The van der Waals surface area contributed by atoms with E-state index in [-0.39, 0.29) is 18.8 Å². The molecule has 0 aromatic carbocycles. The summed E-state index contributed by atoms with van der Waals surface area (Å²) in [6, 6.07) is 0. The first-order valence-corrected chi connectivity index (χ1v) is 9.37. The van der Waals surface area contributed by atoms with Gasteiger partial charge in [0.2, 0.25) is 24.2 Å². The van der Waals surface area contributed by atoms with E-state index in [1.165, 1.54) is 6.92 Å². The fourth-order valence-electron chi connectivity index (χ4n) is 2.65. The maximum Gasteiger partial charge on any atom is 0.434 e. The topological polar surface area (TPSA) is 146 Å². The predicted octanol–water partition coefficient (Wildman–Crippen LogP) is 2.34. The number of carbonyl (C=O) groups excluding carboxylic acids is 2. The van der Waals surface area contributed by atoms with Crippen LogP contribution in [0.15, 0.2) is 10.6 Å². The fraction of sp³-hybridized carbons (Fsp3) is 0.529. The number of hydroxylamine groups is 2. The van der Waals surface area contributed by atoms with Crippen LogP contribution in [0.3, 0.4) is 0 Å². The summed E-state index contributed by atoms with van der Waals surface area (Å²) in [5.74, 6) is -2.29. The first-order chi connectivity index (χ1) is 14.7. The van der Waals surface area contributed by atoms with Gasteiger partial charge in [-0.2, -0.15) is 13.2 Å². The smallest absolute Gasteiger partial charge is 0.421 e. The van der Waals surface area contributed by atoms with Crippen molar-refractivity contribution in [3.63, 3.8) is 0 Å². The monoisotopic (exact) mass is 445 g/mol. The van der Waals surface area contributed by atoms with Gasteiger partial charge in [-0.25, -0.2) is 15.0 Å². The molecule has 1 atom stereocenters. The molecule has 0 spiro atoms. The molecule has 11 nitrogen and oxygen atoms in total. The fourth-order valence-corrected chi connectivity index (χ4v) is 2.65. The minimum absolute atomic E-state index is 0.0694. The third kappa shape index (κ3) is 6.87. The third-order valence-corrected chi connectivity index (χ3v) is 4.17. The highest BCUT2D eigenvalue weighted by Crippen LogP contribution is 2.35. The highest BCUT2D eigenvalue weighted by molar-refractivity contribution is 5.80. The van der Waals surface area contributed by atoms with E-state index in [9.17, 15) is 28.0 Å². The highest BCUT2D eigenvalue weighted by atomic mass is 19.4. The number of rotatable bonds is 11. The summed E-state index contributed by atoms with van der Waals surface area (Å²) in [6.45, 7) is 3.12. The molecule has 2 heterocycles. The Morgan fingerprint density at radius 1 is 1.35 bits per heavy atom. The number of unbranched alkanes of at least 4 members (excludes halogenated alkanes) is 2. The quantitative estimate of drug-likeness (QED) is 0.205. The van der Waals surface area contributed by atoms with Gasteiger partial charge in [0.05, 0.1) is 18.0 Å². The van der Waals surface area contributed by atoms with E-state index in [0.717, 1.165) is 19.0 Å². The molecule has 0 saturated heterocycles. The molecule has 170 valence electrons. The van der Waals surface area contributed by atoms with Crippen molar-refractivity contribution in [3.8, 4) is 11.5 Å². The lowest BCUT2D eigenvalue weighted by Crippen LogP contribution is -2.40. The second-order valence-electron chi connectivity index (χ2n) is 6.61. The maximum atomic E-state index is 13.4. The van der Waals surface area contributed by atoms with Gasteiger partial charge in [-0.1, -0.05) is 26.2 Å². The van der Waals surface area contributed by atoms with Crippen molar-refractivity contribution in [1.29, 1.82) is 0 Å². The molecule has 0 saturated carbocycles. The molecule has 14 heteroatoms. The van der Waals surface area contributed by atoms with Gasteiger partial charge in [-0.05, 0) is 6.42 Å². The van der Waals surface area contributed by atoms with Crippen LogP contribution in [0.2, 0.25) is 0 Å². The van der Waals surface area contributed by atoms with E-state index in [2.05, 4.69) is 31.0 Å². The number of aryl methyl sites for hydroxylation is 1. The van der Waals surface area contributed by atoms with Gasteiger partial charge in [-0.3, -0.25) is 25.6 Å². The molecule has 0 aliphatic carbocycles. The Morgan fingerprint density at radius 2 is 2.10 bits per heavy atom. The molecule has 2 amide bonds. The number of hydrogen-bond acceptors (Lipinski definition) is 9. The summed E-state index contributed by atoms with van der Waals surface area (Å²) in [7, 11) is 0. The summed E-state index contributed by atoms with van der Waals surface area (Å²) >= 11 is 0. The minimum Gasteiger partial charge on any atom is -0.421 e. The normalized spacial score (nSPS) is 12.3. The van der Waals surface area contributed by atoms with Crippen LogP contribution >= 0.6 is 0 Å². The highest BCUT2D eigenvalue weighted by Gasteiger charge is 2.38. The van der Waals surface area contributed by atoms with Crippen molar-refractivity contribution in [2.24, 2.45) is 5.92 Å². The number of nitrogens with one attached hydrogen (secondary N) is 2. The summed E-state index contributed by atoms with van der Waals surface area (Å²) in [4.78, 5) is 30.2. The Kier molecular flexibility index (Phi) is 8.24. The molecule has 2 rings (SSSR count). The largest absolute Gasteiger partial charge is 0.434 e. The van der Waals surface area contributed by atoms with E-state index in [4.69, 9.17) is 4.42 Å². The zero-order valence-corrected chi connectivity index (χ0v) is 16.8. The summed E-state index contributed by atoms with van der Waals surface area (Å²) < 4.78 is 45.3. The Labute approximate surface area is 175 Å². The van der Waals surface area contributed by atoms with Crippen LogP contribution in [0.1, 0.15) is 44.2 Å². The number of hydrazine groups is 1. The Morgan fingerprint density at radius 3 is 2.68 bits per heavy atom. The van der Waals surface area contributed by atoms with Crippen LogP contribution in [0.5, 0.6) is 0 Å². The first kappa shape index (κ1) is 24.0. The van der Waals surface area contributed by atoms with E-state index in [1.807, 2.05) is 6.92 Å². The van der Waals surface area contributed by atoms with Crippen molar-refractivity contribution in [2.75, 3.05) is 12.0 Å². The number of alkyl halides is 3. The number of nitrogens with zero attached hydrogens (tertiary/aromatic N) is 5. The summed E-state index contributed by atoms with van der Waals surface area (Å²) in [5.41, 5.74) is 2.60. The summed E-state index contributed by atoms with van der Waals surface area (Å²) in [5, 5.41) is 16.7. The van der Waals surface area contributed by atoms with Crippen molar-refractivity contribution in [3.05, 3.63) is 17.8 Å². The van der Waals surface area contributed by atoms with Crippen LogP contribution < -0.4 is 10.9 Å². The van der Waals surface area contributed by atoms with Crippen molar-refractivity contribution < 1.29 is 32.4 Å². The second kappa shape index (κ2) is 10.7. The van der Waals surface area contributed by atoms with Crippen LogP contribution in [-0.4, -0.2) is 49.3 Å². The average molecular weight is 445 g/mol. The van der Waals surface area contributed by atoms with E-state index in [0.29, 0.717) is 17.9 Å². The average Bonchev–Trinajstić information content (AvgIpc) is 3.16. The molecule has 3 N–H and O–H groups in total. The minimum atomic E-state index is -4.86. The van der Waals surface area contributed by atoms with Gasteiger partial charge in [0, 0.05) is 13.1 Å². The van der Waals surface area contributed by atoms with Crippen molar-refractivity contribution >= 4 is 18.3 Å². The van der Waals surface area contributed by atoms with Gasteiger partial charge in [-0.15, -0.1) is 10.2 Å². The van der Waals surface area contributed by atoms with Crippen molar-refractivity contribution in [1.82, 2.24) is 30.7 Å². The van der Waals surface area contributed by atoms with E-state index < -0.39 is 41.1 Å². The van der Waals surface area contributed by atoms with Crippen LogP contribution in [0.25, 0.3) is 11.5 Å². The molecule has 0 bridgehead atoms. The number of anilines is 1. The number of hydrogen-bond donors (Lipinski definition) is 3. The molecule has 2 aromatic heterocycles. The third-order valence-electron chi connectivity index (χ3n) is 4.17. The second-order valence-corrected chi connectivity index (χ2v) is 6.61. The predicted molar refractivity (Wildman–Crippen MR) is 99.0 cm³/mol. The Bertz CT molecular complexity index is 891. The zero-order chi connectivity index (χ0) is 23.0. The van der Waals surface area contributed by atoms with Gasteiger partial charge < -0.3 is 4.42 Å². The lowest BCUT2D eigenvalue weighted by Gasteiger charge is -2.20. The summed E-state index contributed by atoms with van der Waals surface area (Å²) in [6.07, 6.45) is -1.11. The van der Waals surface area contributed by atoms with Gasteiger partial charge in [0.15, 0.2) is 5.69 Å². The number of carbonyl (C=O) groups is 2. The molecular formula is C17H22F3N7O4. The molecule has 0 radical (unpaired) electrons. The van der Waals surface area contributed by atoms with Crippen LogP contribution in [0.4, 0.5) is 19.1 Å². The molecule has 0 fully saturated rings. The Balaban J connectivity index is 2.15. The zero-order valence-electron chi connectivity index (χ0n) is 16.8. The van der Waals surface area contributed by atoms with Crippen LogP contribution in [0, 0.1) is 12.8 Å². The molecule has 0 aliphatic rings. The van der Waals surface area contributed by atoms with Gasteiger partial charge in [0.1, 0.15) is 0 Å². The molecule has 0 aliphatic heterocycles. The molecular weight excluding hydrogens is 423 g/mol. The van der Waals surface area contributed by atoms with Gasteiger partial charge in [0.25, 0.3) is 5.89 Å². The number of halogens is 3. The lowest BCUT2D eigenvalue weighted by molar-refractivity contribution is -0.154. The molecule has 31 heavy (non-hydrogen) atoms. The lowest BCUT2D eigenvalue weighted by atomic mass is 10.0. The van der Waals surface area contributed by atoms with Crippen LogP contribution in [-0.2, 0) is 15.8 Å². The molecule has 0 unspecified atom stereocenters. The first-order valence-electron chi connectivity index (χ1n) is 9.37. The SMILES string of the molecule is CCCCC[C@@H](CN(O)C=O)C(=O)NNc1ncc(-c2nnc(C)o2)c(C(F)(F)F)n1. The van der Waals surface area contributed by atoms with E-state index >= 15 is 0 Å². The van der Waals surface area contributed by atoms with Gasteiger partial charge >= 0.3 is 6.18 Å². The number of aromatic nitrogens is 4. The molecule has 2 aromatic rings. The Hall–Kier alpha value is -3.29. The van der Waals surface area contributed by atoms with Crippen molar-refractivity contribution in [2.45, 2.75) is 45.7 Å².